The van der Waals surface area contributed by atoms with E-state index in [-0.39, 0.29) is 5.78 Å². The van der Waals surface area contributed by atoms with Gasteiger partial charge in [0.1, 0.15) is 5.78 Å². The minimum Gasteiger partial charge on any atom is -0.302 e. The molecule has 0 aliphatic carbocycles. The van der Waals surface area contributed by atoms with E-state index in [4.69, 9.17) is 0 Å². The van der Waals surface area contributed by atoms with E-state index in [1.807, 2.05) is 12.1 Å². The van der Waals surface area contributed by atoms with Crippen LogP contribution in [0.5, 0.6) is 0 Å². The smallest absolute Gasteiger partial charge is 0.191 e. The second kappa shape index (κ2) is 6.70. The van der Waals surface area contributed by atoms with Gasteiger partial charge in [-0.05, 0) is 26.8 Å². The Morgan fingerprint density at radius 3 is 2.80 bits per heavy atom. The lowest BCUT2D eigenvalue weighted by atomic mass is 10.1. The van der Waals surface area contributed by atoms with Crippen molar-refractivity contribution in [3.63, 3.8) is 0 Å². The summed E-state index contributed by atoms with van der Waals surface area (Å²) < 4.78 is 2.10. The van der Waals surface area contributed by atoms with Gasteiger partial charge >= 0.3 is 0 Å². The number of hydrogen-bond donors (Lipinski definition) is 0. The van der Waals surface area contributed by atoms with Gasteiger partial charge in [-0.1, -0.05) is 35.5 Å². The normalized spacial score (nSPS) is 10.8. The van der Waals surface area contributed by atoms with Crippen LogP contribution in [0.2, 0.25) is 0 Å². The molecule has 1 aromatic carbocycles. The molecule has 0 amide bonds. The highest BCUT2D eigenvalue weighted by Gasteiger charge is 2.13. The summed E-state index contributed by atoms with van der Waals surface area (Å²) in [5.41, 5.74) is 2.29. The molecule has 0 fully saturated rings. The van der Waals surface area contributed by atoms with Crippen LogP contribution in [0.25, 0.3) is 11.4 Å². The molecule has 2 rings (SSSR count). The summed E-state index contributed by atoms with van der Waals surface area (Å²) in [6, 6.07) is 8.26. The van der Waals surface area contributed by atoms with Crippen LogP contribution >= 0.6 is 11.8 Å². The van der Waals surface area contributed by atoms with Crippen LogP contribution in [0, 0.1) is 6.92 Å². The third-order valence-corrected chi connectivity index (χ3v) is 3.96. The highest BCUT2D eigenvalue weighted by Crippen LogP contribution is 2.24. The first kappa shape index (κ1) is 14.8. The van der Waals surface area contributed by atoms with Crippen molar-refractivity contribution in [1.82, 2.24) is 14.8 Å². The molecule has 0 spiro atoms. The number of carbonyl (C=O) groups excluding carboxylic acids is 1. The van der Waals surface area contributed by atoms with Gasteiger partial charge in [0.05, 0.1) is 0 Å². The molecule has 0 radical (unpaired) electrons. The molecule has 0 bridgehead atoms. The molecule has 0 unspecified atom stereocenters. The minimum atomic E-state index is 0.207. The van der Waals surface area contributed by atoms with Gasteiger partial charge in [0.2, 0.25) is 0 Å². The molecule has 4 nitrogen and oxygen atoms in total. The number of rotatable bonds is 6. The Morgan fingerprint density at radius 2 is 2.15 bits per heavy atom. The summed E-state index contributed by atoms with van der Waals surface area (Å²) in [6.07, 6.45) is 0.570. The van der Waals surface area contributed by atoms with Crippen molar-refractivity contribution in [2.75, 3.05) is 5.75 Å². The average molecular weight is 289 g/mol. The van der Waals surface area contributed by atoms with Crippen LogP contribution in [-0.4, -0.2) is 26.3 Å². The zero-order valence-electron chi connectivity index (χ0n) is 12.1. The predicted octanol–water partition coefficient (Wildman–Crippen LogP) is 3.34. The molecule has 0 saturated heterocycles. The first-order valence-electron chi connectivity index (χ1n) is 6.74. The van der Waals surface area contributed by atoms with Gasteiger partial charge in [0.25, 0.3) is 0 Å². The van der Waals surface area contributed by atoms with Crippen LogP contribution in [0.1, 0.15) is 25.8 Å². The van der Waals surface area contributed by atoms with Crippen LogP contribution in [-0.2, 0) is 11.3 Å². The number of hydrogen-bond acceptors (Lipinski definition) is 4. The highest BCUT2D eigenvalue weighted by atomic mass is 32.2. The number of benzene rings is 1. The lowest BCUT2D eigenvalue weighted by Crippen LogP contribution is -2.01. The molecule has 0 saturated carbocycles. The molecule has 20 heavy (non-hydrogen) atoms. The molecule has 1 heterocycles. The van der Waals surface area contributed by atoms with Gasteiger partial charge in [-0.15, -0.1) is 10.2 Å². The largest absolute Gasteiger partial charge is 0.302 e. The molecule has 0 atom stereocenters. The van der Waals surface area contributed by atoms with Crippen molar-refractivity contribution in [2.24, 2.45) is 0 Å². The van der Waals surface area contributed by atoms with Crippen LogP contribution in [0.15, 0.2) is 29.4 Å². The Morgan fingerprint density at radius 1 is 1.35 bits per heavy atom. The third kappa shape index (κ3) is 3.48. The zero-order chi connectivity index (χ0) is 14.5. The summed E-state index contributed by atoms with van der Waals surface area (Å²) in [4.78, 5) is 11.0. The number of ketones is 1. The maximum absolute atomic E-state index is 11.0. The number of aromatic nitrogens is 3. The number of carbonyl (C=O) groups is 1. The Kier molecular flexibility index (Phi) is 4.95. The Labute approximate surface area is 123 Å². The minimum absolute atomic E-state index is 0.207. The second-order valence-electron chi connectivity index (χ2n) is 4.72. The van der Waals surface area contributed by atoms with E-state index in [2.05, 4.69) is 40.7 Å². The number of thioether (sulfide) groups is 1. The van der Waals surface area contributed by atoms with Crippen molar-refractivity contribution >= 4 is 17.5 Å². The molecule has 0 aliphatic rings. The number of aryl methyl sites for hydroxylation is 1. The van der Waals surface area contributed by atoms with E-state index in [0.29, 0.717) is 6.42 Å². The molecule has 0 aliphatic heterocycles. The Hall–Kier alpha value is -1.62. The molecule has 5 heteroatoms. The number of nitrogens with zero attached hydrogens (tertiary/aromatic N) is 3. The van der Waals surface area contributed by atoms with E-state index in [1.165, 1.54) is 5.56 Å². The summed E-state index contributed by atoms with van der Waals surface area (Å²) in [5, 5.41) is 9.44. The molecule has 0 N–H and O–H groups in total. The van der Waals surface area contributed by atoms with Gasteiger partial charge in [-0.3, -0.25) is 4.79 Å². The summed E-state index contributed by atoms with van der Waals surface area (Å²) in [7, 11) is 0. The van der Waals surface area contributed by atoms with E-state index < -0.39 is 0 Å². The zero-order valence-corrected chi connectivity index (χ0v) is 12.9. The quantitative estimate of drug-likeness (QED) is 0.765. The van der Waals surface area contributed by atoms with Gasteiger partial charge in [-0.25, -0.2) is 0 Å². The maximum Gasteiger partial charge on any atom is 0.191 e. The second-order valence-corrected chi connectivity index (χ2v) is 5.78. The van der Waals surface area contributed by atoms with Crippen LogP contribution in [0.3, 0.4) is 0 Å². The SMILES string of the molecule is CCn1c(SCCC(C)=O)nnc1-c1cccc(C)c1. The van der Waals surface area contributed by atoms with Crippen molar-refractivity contribution in [1.29, 1.82) is 0 Å². The highest BCUT2D eigenvalue weighted by molar-refractivity contribution is 7.99. The molecule has 106 valence electrons. The summed E-state index contributed by atoms with van der Waals surface area (Å²) >= 11 is 1.59. The fraction of sp³-hybridized carbons (Fsp3) is 0.400. The Bertz CT molecular complexity index is 607. The van der Waals surface area contributed by atoms with E-state index in [9.17, 15) is 4.79 Å². The van der Waals surface area contributed by atoms with Crippen molar-refractivity contribution in [3.8, 4) is 11.4 Å². The maximum atomic E-state index is 11.0. The third-order valence-electron chi connectivity index (χ3n) is 2.99. The average Bonchev–Trinajstić information content (AvgIpc) is 2.81. The first-order chi connectivity index (χ1) is 9.61. The first-order valence-corrected chi connectivity index (χ1v) is 7.73. The van der Waals surface area contributed by atoms with Crippen molar-refractivity contribution in [3.05, 3.63) is 29.8 Å². The molecular formula is C15H19N3OS. The monoisotopic (exact) mass is 289 g/mol. The lowest BCUT2D eigenvalue weighted by Gasteiger charge is -2.07. The van der Waals surface area contributed by atoms with E-state index in [1.54, 1.807) is 18.7 Å². The van der Waals surface area contributed by atoms with Gasteiger partial charge < -0.3 is 4.57 Å². The van der Waals surface area contributed by atoms with Gasteiger partial charge in [0, 0.05) is 24.3 Å². The van der Waals surface area contributed by atoms with Gasteiger partial charge in [0.15, 0.2) is 11.0 Å². The summed E-state index contributed by atoms with van der Waals surface area (Å²) in [6.45, 7) is 6.58. The van der Waals surface area contributed by atoms with E-state index >= 15 is 0 Å². The lowest BCUT2D eigenvalue weighted by molar-refractivity contribution is -0.116. The van der Waals surface area contributed by atoms with Crippen LogP contribution in [0.4, 0.5) is 0 Å². The molecular weight excluding hydrogens is 270 g/mol. The predicted molar refractivity (Wildman–Crippen MR) is 81.9 cm³/mol. The van der Waals surface area contributed by atoms with Crippen molar-refractivity contribution < 1.29 is 4.79 Å². The Balaban J connectivity index is 2.23. The number of Topliss-reactive ketones (excluding diaryl/α,β-unsaturated/α-hetero) is 1. The summed E-state index contributed by atoms with van der Waals surface area (Å²) in [5.74, 6) is 1.85. The van der Waals surface area contributed by atoms with Crippen LogP contribution < -0.4 is 0 Å². The van der Waals surface area contributed by atoms with E-state index in [0.717, 1.165) is 28.8 Å². The molecule has 2 aromatic rings. The fourth-order valence-corrected chi connectivity index (χ4v) is 3.01. The topological polar surface area (TPSA) is 47.8 Å². The standard InChI is InChI=1S/C15H19N3OS/c1-4-18-14(13-7-5-6-11(2)10-13)16-17-15(18)20-9-8-12(3)19/h5-7,10H,4,8-9H2,1-3H3. The molecule has 1 aromatic heterocycles. The fourth-order valence-electron chi connectivity index (χ4n) is 1.96. The van der Waals surface area contributed by atoms with Crippen molar-refractivity contribution in [2.45, 2.75) is 38.9 Å². The van der Waals surface area contributed by atoms with Gasteiger partial charge in [-0.2, -0.15) is 0 Å².